The molecule has 0 radical (unpaired) electrons. The van der Waals surface area contributed by atoms with Gasteiger partial charge in [-0.15, -0.1) is 0 Å². The first-order chi connectivity index (χ1) is 16.8. The lowest BCUT2D eigenvalue weighted by atomic mass is 10.2. The van der Waals surface area contributed by atoms with E-state index in [9.17, 15) is 41.0 Å². The van der Waals surface area contributed by atoms with E-state index in [-0.39, 0.29) is 37.9 Å². The SMILES string of the molecule is C[C@@H](COC[C@H](O)C(=O)N1CCN(c2ncc(C(F)(F)F)s2)CC1)Nc1cn[nH]c(=O)c1C(F)(F)F. The molecule has 10 nitrogen and oxygen atoms in total. The van der Waals surface area contributed by atoms with E-state index in [0.717, 1.165) is 12.4 Å². The third-order valence-corrected chi connectivity index (χ3v) is 6.21. The Labute approximate surface area is 203 Å². The highest BCUT2D eigenvalue weighted by molar-refractivity contribution is 7.15. The van der Waals surface area contributed by atoms with E-state index in [4.69, 9.17) is 4.74 Å². The number of thiazole rings is 1. The molecule has 1 aliphatic heterocycles. The third-order valence-electron chi connectivity index (χ3n) is 5.10. The minimum atomic E-state index is -4.91. The zero-order valence-corrected chi connectivity index (χ0v) is 19.5. The van der Waals surface area contributed by atoms with Gasteiger partial charge < -0.3 is 25.0 Å². The Morgan fingerprint density at radius 3 is 2.42 bits per heavy atom. The molecule has 0 spiro atoms. The van der Waals surface area contributed by atoms with E-state index in [1.165, 1.54) is 11.8 Å². The quantitative estimate of drug-likeness (QED) is 0.430. The predicted octanol–water partition coefficient (Wildman–Crippen LogP) is 1.79. The van der Waals surface area contributed by atoms with E-state index < -0.39 is 58.7 Å². The fourth-order valence-electron chi connectivity index (χ4n) is 3.39. The predicted molar refractivity (Wildman–Crippen MR) is 116 cm³/mol. The van der Waals surface area contributed by atoms with Crippen molar-refractivity contribution in [2.24, 2.45) is 0 Å². The maximum absolute atomic E-state index is 13.1. The van der Waals surface area contributed by atoms with Crippen molar-refractivity contribution in [3.8, 4) is 0 Å². The Bertz CT molecular complexity index is 1100. The van der Waals surface area contributed by atoms with Gasteiger partial charge in [-0.2, -0.15) is 31.4 Å². The first-order valence-corrected chi connectivity index (χ1v) is 11.3. The standard InChI is InChI=1S/C19H22F6N6O4S/c1-10(28-11-6-27-29-15(33)14(11)19(23,24)25)8-35-9-12(32)16(34)30-2-4-31(5-3-30)17-26-7-13(36-17)18(20,21)22/h6-7,10,12,32H,2-5,8-9H2,1H3,(H2,28,29,33)/t10-,12-/m0/s1. The largest absolute Gasteiger partial charge is 0.427 e. The summed E-state index contributed by atoms with van der Waals surface area (Å²) in [6, 6.07) is -0.736. The Balaban J connectivity index is 1.44. The molecule has 17 heteroatoms. The number of hydrogen-bond acceptors (Lipinski definition) is 9. The second-order valence-corrected chi connectivity index (χ2v) is 8.91. The molecule has 1 fully saturated rings. The zero-order valence-electron chi connectivity index (χ0n) is 18.7. The van der Waals surface area contributed by atoms with Gasteiger partial charge in [0.25, 0.3) is 11.5 Å². The number of hydrogen-bond donors (Lipinski definition) is 3. The highest BCUT2D eigenvalue weighted by Gasteiger charge is 2.38. The fraction of sp³-hybridized carbons (Fsp3) is 0.579. The number of nitrogens with zero attached hydrogens (tertiary/aromatic N) is 4. The summed E-state index contributed by atoms with van der Waals surface area (Å²) in [6.45, 7) is 1.56. The first-order valence-electron chi connectivity index (χ1n) is 10.5. The van der Waals surface area contributed by atoms with Crippen LogP contribution in [0.2, 0.25) is 0 Å². The van der Waals surface area contributed by atoms with Gasteiger partial charge in [0.1, 0.15) is 10.4 Å². The van der Waals surface area contributed by atoms with Crippen LogP contribution in [-0.2, 0) is 21.9 Å². The molecular formula is C19H22F6N6O4S. The van der Waals surface area contributed by atoms with Crippen LogP contribution in [0.1, 0.15) is 17.4 Å². The summed E-state index contributed by atoms with van der Waals surface area (Å²) in [5.41, 5.74) is -3.39. The number of carbonyl (C=O) groups excluding carboxylic acids is 1. The lowest BCUT2D eigenvalue weighted by molar-refractivity contribution is -0.143. The van der Waals surface area contributed by atoms with Gasteiger partial charge in [0.15, 0.2) is 11.2 Å². The monoisotopic (exact) mass is 544 g/mol. The number of alkyl halides is 6. The number of halogens is 6. The summed E-state index contributed by atoms with van der Waals surface area (Å²) < 4.78 is 82.9. The molecule has 0 unspecified atom stereocenters. The lowest BCUT2D eigenvalue weighted by Crippen LogP contribution is -2.52. The smallest absolute Gasteiger partial charge is 0.381 e. The fourth-order valence-corrected chi connectivity index (χ4v) is 4.23. The number of aromatic amines is 1. The number of aliphatic hydroxyl groups excluding tert-OH is 1. The molecule has 3 N–H and O–H groups in total. The highest BCUT2D eigenvalue weighted by atomic mass is 32.1. The van der Waals surface area contributed by atoms with Gasteiger partial charge in [-0.3, -0.25) is 9.59 Å². The number of aromatic nitrogens is 3. The van der Waals surface area contributed by atoms with Crippen LogP contribution in [0.4, 0.5) is 37.2 Å². The van der Waals surface area contributed by atoms with Crippen LogP contribution in [0.3, 0.4) is 0 Å². The van der Waals surface area contributed by atoms with Crippen molar-refractivity contribution >= 4 is 28.1 Å². The topological polar surface area (TPSA) is 124 Å². The van der Waals surface area contributed by atoms with Gasteiger partial charge in [-0.25, -0.2) is 10.1 Å². The van der Waals surface area contributed by atoms with Crippen LogP contribution in [0.5, 0.6) is 0 Å². The summed E-state index contributed by atoms with van der Waals surface area (Å²) in [7, 11) is 0. The molecule has 36 heavy (non-hydrogen) atoms. The maximum atomic E-state index is 13.1. The second-order valence-electron chi connectivity index (χ2n) is 7.90. The summed E-state index contributed by atoms with van der Waals surface area (Å²) in [4.78, 5) is 29.9. The Morgan fingerprint density at radius 1 is 1.17 bits per heavy atom. The molecule has 2 aromatic rings. The van der Waals surface area contributed by atoms with Crippen LogP contribution in [0.15, 0.2) is 17.2 Å². The lowest BCUT2D eigenvalue weighted by Gasteiger charge is -2.35. The number of rotatable bonds is 8. The van der Waals surface area contributed by atoms with E-state index in [1.54, 1.807) is 10.00 Å². The van der Waals surface area contributed by atoms with Gasteiger partial charge in [0.2, 0.25) is 0 Å². The summed E-state index contributed by atoms with van der Waals surface area (Å²) in [5.74, 6) is -0.650. The van der Waals surface area contributed by atoms with Crippen molar-refractivity contribution in [1.82, 2.24) is 20.1 Å². The average molecular weight is 544 g/mol. The first kappa shape index (κ1) is 27.7. The molecule has 1 saturated heterocycles. The summed E-state index contributed by atoms with van der Waals surface area (Å²) >= 11 is 0.505. The molecule has 2 aromatic heterocycles. The van der Waals surface area contributed by atoms with E-state index in [0.29, 0.717) is 11.3 Å². The second kappa shape index (κ2) is 11.0. The number of nitrogens with one attached hydrogen (secondary N) is 2. The van der Waals surface area contributed by atoms with E-state index in [2.05, 4.69) is 15.4 Å². The van der Waals surface area contributed by atoms with Gasteiger partial charge >= 0.3 is 12.4 Å². The Kier molecular flexibility index (Phi) is 8.45. The van der Waals surface area contributed by atoms with Crippen molar-refractivity contribution in [3.05, 3.63) is 33.2 Å². The summed E-state index contributed by atoms with van der Waals surface area (Å²) in [5, 5.41) is 17.9. The van der Waals surface area contributed by atoms with Crippen LogP contribution in [0.25, 0.3) is 0 Å². The van der Waals surface area contributed by atoms with Gasteiger partial charge in [-0.1, -0.05) is 11.3 Å². The molecule has 3 heterocycles. The molecule has 2 atom stereocenters. The van der Waals surface area contributed by atoms with Crippen LogP contribution < -0.4 is 15.8 Å². The van der Waals surface area contributed by atoms with Crippen molar-refractivity contribution < 1.29 is 41.0 Å². The van der Waals surface area contributed by atoms with Crippen molar-refractivity contribution in [1.29, 1.82) is 0 Å². The number of aliphatic hydroxyl groups is 1. The average Bonchev–Trinajstić information content (AvgIpc) is 3.29. The molecule has 3 rings (SSSR count). The highest BCUT2D eigenvalue weighted by Crippen LogP contribution is 2.36. The molecule has 0 saturated carbocycles. The number of H-pyrrole nitrogens is 1. The van der Waals surface area contributed by atoms with E-state index >= 15 is 0 Å². The molecule has 0 aliphatic carbocycles. The maximum Gasteiger partial charge on any atom is 0.427 e. The summed E-state index contributed by atoms with van der Waals surface area (Å²) in [6.07, 6.45) is -9.38. The van der Waals surface area contributed by atoms with Gasteiger partial charge in [0, 0.05) is 32.2 Å². The van der Waals surface area contributed by atoms with E-state index in [1.807, 2.05) is 0 Å². The number of amides is 1. The van der Waals surface area contributed by atoms with Gasteiger partial charge in [0.05, 0.1) is 31.3 Å². The number of ether oxygens (including phenoxy) is 1. The van der Waals surface area contributed by atoms with Crippen LogP contribution in [0, 0.1) is 0 Å². The van der Waals surface area contributed by atoms with Crippen LogP contribution >= 0.6 is 11.3 Å². The Hall–Kier alpha value is -2.92. The van der Waals surface area contributed by atoms with Crippen LogP contribution in [-0.4, -0.2) is 82.6 Å². The molecule has 1 amide bonds. The minimum Gasteiger partial charge on any atom is -0.381 e. The normalized spacial score (nSPS) is 16.7. The van der Waals surface area contributed by atoms with Gasteiger partial charge in [-0.05, 0) is 6.92 Å². The number of carbonyl (C=O) groups is 1. The third kappa shape index (κ3) is 6.85. The minimum absolute atomic E-state index is 0.143. The molecular weight excluding hydrogens is 522 g/mol. The zero-order chi connectivity index (χ0) is 26.7. The van der Waals surface area contributed by atoms with Crippen molar-refractivity contribution in [2.75, 3.05) is 49.6 Å². The number of piperazine rings is 1. The van der Waals surface area contributed by atoms with Crippen molar-refractivity contribution in [3.63, 3.8) is 0 Å². The molecule has 200 valence electrons. The molecule has 0 bridgehead atoms. The van der Waals surface area contributed by atoms with Crippen molar-refractivity contribution in [2.45, 2.75) is 31.4 Å². The number of anilines is 2. The molecule has 1 aliphatic rings. The Morgan fingerprint density at radius 2 is 1.83 bits per heavy atom. The molecule has 0 aromatic carbocycles.